The summed E-state index contributed by atoms with van der Waals surface area (Å²) >= 11 is 0. The molecule has 162 valence electrons. The summed E-state index contributed by atoms with van der Waals surface area (Å²) < 4.78 is 1.71. The van der Waals surface area contributed by atoms with E-state index in [1.165, 1.54) is 0 Å². The molecule has 0 bridgehead atoms. The number of benzene rings is 2. The first-order valence-electron chi connectivity index (χ1n) is 10.5. The van der Waals surface area contributed by atoms with Crippen LogP contribution >= 0.6 is 0 Å². The molecule has 0 fully saturated rings. The number of nitrogens with zero attached hydrogens (tertiary/aromatic N) is 3. The molecule has 7 nitrogen and oxygen atoms in total. The molecule has 31 heavy (non-hydrogen) atoms. The van der Waals surface area contributed by atoms with Crippen molar-refractivity contribution in [3.8, 4) is 5.69 Å². The quantitative estimate of drug-likeness (QED) is 0.568. The van der Waals surface area contributed by atoms with E-state index in [2.05, 4.69) is 40.6 Å². The van der Waals surface area contributed by atoms with Gasteiger partial charge in [-0.25, -0.2) is 9.67 Å². The molecule has 0 aliphatic carbocycles. The van der Waals surface area contributed by atoms with Crippen molar-refractivity contribution in [2.45, 2.75) is 47.0 Å². The van der Waals surface area contributed by atoms with E-state index in [9.17, 15) is 9.59 Å². The molecule has 0 aliphatic heterocycles. The van der Waals surface area contributed by atoms with E-state index in [4.69, 9.17) is 0 Å². The van der Waals surface area contributed by atoms with Crippen molar-refractivity contribution in [2.24, 2.45) is 5.92 Å². The molecule has 0 radical (unpaired) electrons. The highest BCUT2D eigenvalue weighted by Crippen LogP contribution is 2.23. The van der Waals surface area contributed by atoms with Crippen molar-refractivity contribution in [2.75, 3.05) is 10.6 Å². The normalized spacial score (nSPS) is 11.1. The molecule has 0 saturated heterocycles. The molecule has 1 aromatic heterocycles. The van der Waals surface area contributed by atoms with Gasteiger partial charge in [0.25, 0.3) is 5.91 Å². The standard InChI is InChI=1S/C24H29N5O2/c1-15(2)14-22(30)26-18-10-12-19(13-11-18)27-24(31)23-25-17(5)29(28-23)21-9-7-6-8-20(21)16(3)4/h6-13,15-16H,14H2,1-5H3,(H,26,30)(H,27,31). The predicted octanol–water partition coefficient (Wildman–Crippen LogP) is 4.94. The highest BCUT2D eigenvalue weighted by atomic mass is 16.2. The Morgan fingerprint density at radius 2 is 1.55 bits per heavy atom. The van der Waals surface area contributed by atoms with Crippen LogP contribution < -0.4 is 10.6 Å². The maximum absolute atomic E-state index is 12.7. The summed E-state index contributed by atoms with van der Waals surface area (Å²) in [6.45, 7) is 10.1. The molecule has 2 aromatic carbocycles. The van der Waals surface area contributed by atoms with Crippen molar-refractivity contribution in [1.29, 1.82) is 0 Å². The van der Waals surface area contributed by atoms with Crippen LogP contribution in [-0.4, -0.2) is 26.6 Å². The Labute approximate surface area is 182 Å². The number of para-hydroxylation sites is 1. The molecule has 1 heterocycles. The summed E-state index contributed by atoms with van der Waals surface area (Å²) in [5, 5.41) is 10.1. The van der Waals surface area contributed by atoms with Gasteiger partial charge in [-0.15, -0.1) is 5.10 Å². The van der Waals surface area contributed by atoms with Crippen molar-refractivity contribution in [3.63, 3.8) is 0 Å². The van der Waals surface area contributed by atoms with E-state index in [0.717, 1.165) is 11.3 Å². The monoisotopic (exact) mass is 419 g/mol. The van der Waals surface area contributed by atoms with Crippen LogP contribution in [0, 0.1) is 12.8 Å². The fourth-order valence-electron chi connectivity index (χ4n) is 3.29. The SMILES string of the molecule is Cc1nc(C(=O)Nc2ccc(NC(=O)CC(C)C)cc2)nn1-c1ccccc1C(C)C. The number of carbonyl (C=O) groups is 2. The predicted molar refractivity (Wildman–Crippen MR) is 123 cm³/mol. The van der Waals surface area contributed by atoms with E-state index in [1.54, 1.807) is 28.9 Å². The molecule has 0 aliphatic rings. The van der Waals surface area contributed by atoms with Gasteiger partial charge in [-0.2, -0.15) is 0 Å². The minimum absolute atomic E-state index is 0.0290. The van der Waals surface area contributed by atoms with Gasteiger partial charge in [0, 0.05) is 17.8 Å². The average molecular weight is 420 g/mol. The van der Waals surface area contributed by atoms with E-state index in [1.807, 2.05) is 39.0 Å². The topological polar surface area (TPSA) is 88.9 Å². The lowest BCUT2D eigenvalue weighted by Crippen LogP contribution is -2.15. The minimum Gasteiger partial charge on any atom is -0.326 e. The van der Waals surface area contributed by atoms with Gasteiger partial charge in [0.2, 0.25) is 11.7 Å². The summed E-state index contributed by atoms with van der Waals surface area (Å²) in [6, 6.07) is 15.0. The maximum Gasteiger partial charge on any atom is 0.295 e. The second-order valence-corrected chi connectivity index (χ2v) is 8.29. The van der Waals surface area contributed by atoms with Crippen LogP contribution in [0.1, 0.15) is 62.0 Å². The number of anilines is 2. The molecule has 3 aromatic rings. The Balaban J connectivity index is 1.72. The van der Waals surface area contributed by atoms with Gasteiger partial charge in [0.15, 0.2) is 0 Å². The van der Waals surface area contributed by atoms with Crippen LogP contribution in [0.25, 0.3) is 5.69 Å². The number of hydrogen-bond acceptors (Lipinski definition) is 4. The van der Waals surface area contributed by atoms with Gasteiger partial charge >= 0.3 is 0 Å². The third-order valence-electron chi connectivity index (χ3n) is 4.78. The van der Waals surface area contributed by atoms with E-state index < -0.39 is 0 Å². The smallest absolute Gasteiger partial charge is 0.295 e. The molecule has 3 rings (SSSR count). The van der Waals surface area contributed by atoms with Crippen molar-refractivity contribution >= 4 is 23.2 Å². The van der Waals surface area contributed by atoms with Gasteiger partial charge in [-0.05, 0) is 54.7 Å². The lowest BCUT2D eigenvalue weighted by molar-refractivity contribution is -0.116. The Morgan fingerprint density at radius 3 is 2.16 bits per heavy atom. The number of aryl methyl sites for hydroxylation is 1. The maximum atomic E-state index is 12.7. The van der Waals surface area contributed by atoms with Gasteiger partial charge in [0.1, 0.15) is 5.82 Å². The molecular weight excluding hydrogens is 390 g/mol. The molecule has 2 N–H and O–H groups in total. The Bertz CT molecular complexity index is 1070. The molecule has 0 saturated carbocycles. The largest absolute Gasteiger partial charge is 0.326 e. The summed E-state index contributed by atoms with van der Waals surface area (Å²) in [6.07, 6.45) is 0.464. The summed E-state index contributed by atoms with van der Waals surface area (Å²) in [7, 11) is 0. The fourth-order valence-corrected chi connectivity index (χ4v) is 3.29. The highest BCUT2D eigenvalue weighted by Gasteiger charge is 2.18. The first-order chi connectivity index (χ1) is 14.7. The number of amides is 2. The molecule has 0 spiro atoms. The molecule has 0 unspecified atom stereocenters. The fraction of sp³-hybridized carbons (Fsp3) is 0.333. The van der Waals surface area contributed by atoms with Gasteiger partial charge in [0.05, 0.1) is 5.69 Å². The lowest BCUT2D eigenvalue weighted by Gasteiger charge is -2.12. The second-order valence-electron chi connectivity index (χ2n) is 8.29. The van der Waals surface area contributed by atoms with Crippen molar-refractivity contribution < 1.29 is 9.59 Å². The van der Waals surface area contributed by atoms with Crippen molar-refractivity contribution in [1.82, 2.24) is 14.8 Å². The Morgan fingerprint density at radius 1 is 0.935 bits per heavy atom. The minimum atomic E-state index is -0.388. The second kappa shape index (κ2) is 9.55. The zero-order chi connectivity index (χ0) is 22.5. The molecular formula is C24H29N5O2. The van der Waals surface area contributed by atoms with Crippen LogP contribution in [0.3, 0.4) is 0 Å². The third-order valence-corrected chi connectivity index (χ3v) is 4.78. The zero-order valence-electron chi connectivity index (χ0n) is 18.6. The van der Waals surface area contributed by atoms with Gasteiger partial charge < -0.3 is 10.6 Å². The number of nitrogens with one attached hydrogen (secondary N) is 2. The first-order valence-corrected chi connectivity index (χ1v) is 10.5. The highest BCUT2D eigenvalue weighted by molar-refractivity contribution is 6.01. The zero-order valence-corrected chi connectivity index (χ0v) is 18.6. The summed E-state index contributed by atoms with van der Waals surface area (Å²) in [5.74, 6) is 0.935. The lowest BCUT2D eigenvalue weighted by atomic mass is 10.0. The molecule has 7 heteroatoms. The summed E-state index contributed by atoms with van der Waals surface area (Å²) in [4.78, 5) is 28.9. The Kier molecular flexibility index (Phi) is 6.84. The van der Waals surface area contributed by atoms with Crippen LogP contribution in [0.2, 0.25) is 0 Å². The van der Waals surface area contributed by atoms with Crippen LogP contribution in [-0.2, 0) is 4.79 Å². The van der Waals surface area contributed by atoms with E-state index in [-0.39, 0.29) is 17.6 Å². The first kappa shape index (κ1) is 22.2. The number of carbonyl (C=O) groups excluding carboxylic acids is 2. The average Bonchev–Trinajstić information content (AvgIpc) is 3.10. The number of hydrogen-bond donors (Lipinski definition) is 2. The van der Waals surface area contributed by atoms with E-state index in [0.29, 0.717) is 35.5 Å². The number of rotatable bonds is 7. The van der Waals surface area contributed by atoms with Crippen LogP contribution in [0.5, 0.6) is 0 Å². The third kappa shape index (κ3) is 5.57. The van der Waals surface area contributed by atoms with Gasteiger partial charge in [-0.3, -0.25) is 9.59 Å². The summed E-state index contributed by atoms with van der Waals surface area (Å²) in [5.41, 5.74) is 3.34. The molecule has 2 amide bonds. The van der Waals surface area contributed by atoms with Crippen LogP contribution in [0.15, 0.2) is 48.5 Å². The van der Waals surface area contributed by atoms with E-state index >= 15 is 0 Å². The number of aromatic nitrogens is 3. The Hall–Kier alpha value is -3.48. The van der Waals surface area contributed by atoms with Crippen molar-refractivity contribution in [3.05, 3.63) is 65.7 Å². The molecule has 0 atom stereocenters. The van der Waals surface area contributed by atoms with Crippen LogP contribution in [0.4, 0.5) is 11.4 Å². The van der Waals surface area contributed by atoms with Gasteiger partial charge in [-0.1, -0.05) is 45.9 Å².